The van der Waals surface area contributed by atoms with Crippen LogP contribution in [-0.4, -0.2) is 18.8 Å². The Morgan fingerprint density at radius 3 is 2.57 bits per heavy atom. The average molecular weight is 293 g/mol. The highest BCUT2D eigenvalue weighted by molar-refractivity contribution is 5.41. The van der Waals surface area contributed by atoms with Crippen molar-refractivity contribution < 1.29 is 9.84 Å². The lowest BCUT2D eigenvalue weighted by Crippen LogP contribution is -2.31. The number of phenolic OH excluding ortho intramolecular Hbond substituents is 1. The van der Waals surface area contributed by atoms with Crippen LogP contribution in [0, 0.1) is 5.41 Å². The molecule has 1 rings (SSSR count). The number of nitrogens with one attached hydrogen (secondary N) is 1. The van der Waals surface area contributed by atoms with Crippen molar-refractivity contribution in [2.45, 2.75) is 59.4 Å². The van der Waals surface area contributed by atoms with E-state index in [4.69, 9.17) is 4.74 Å². The third kappa shape index (κ3) is 5.96. The summed E-state index contributed by atoms with van der Waals surface area (Å²) in [4.78, 5) is 0. The van der Waals surface area contributed by atoms with E-state index in [0.29, 0.717) is 5.75 Å². The van der Waals surface area contributed by atoms with Gasteiger partial charge in [-0.3, -0.25) is 0 Å². The number of ether oxygens (including phenoxy) is 1. The Morgan fingerprint density at radius 1 is 1.29 bits per heavy atom. The summed E-state index contributed by atoms with van der Waals surface area (Å²) in [5.41, 5.74) is 1.20. The van der Waals surface area contributed by atoms with Gasteiger partial charge in [-0.2, -0.15) is 0 Å². The number of rotatable bonds is 9. The molecule has 3 nitrogen and oxygen atoms in total. The molecule has 1 aromatic carbocycles. The minimum absolute atomic E-state index is 0.126. The zero-order valence-corrected chi connectivity index (χ0v) is 14.2. The molecule has 1 atom stereocenters. The van der Waals surface area contributed by atoms with E-state index >= 15 is 0 Å². The highest BCUT2D eigenvalue weighted by Crippen LogP contribution is 2.29. The first-order valence-corrected chi connectivity index (χ1v) is 8.00. The van der Waals surface area contributed by atoms with Crippen LogP contribution in [0.3, 0.4) is 0 Å². The van der Waals surface area contributed by atoms with Gasteiger partial charge in [0.1, 0.15) is 11.5 Å². The first kappa shape index (κ1) is 17.8. The van der Waals surface area contributed by atoms with Crippen LogP contribution in [0.15, 0.2) is 18.2 Å². The number of unbranched alkanes of at least 4 members (excludes halogenated alkanes) is 2. The van der Waals surface area contributed by atoms with Crippen LogP contribution >= 0.6 is 0 Å². The fourth-order valence-electron chi connectivity index (χ4n) is 2.50. The molecule has 0 aliphatic heterocycles. The quantitative estimate of drug-likeness (QED) is 0.651. The number of hydrogen-bond acceptors (Lipinski definition) is 3. The molecule has 0 bridgehead atoms. The second-order valence-corrected chi connectivity index (χ2v) is 6.65. The molecule has 0 aliphatic carbocycles. The second kappa shape index (κ2) is 8.28. The van der Waals surface area contributed by atoms with Crippen molar-refractivity contribution in [3.8, 4) is 11.5 Å². The Hall–Kier alpha value is -1.22. The summed E-state index contributed by atoms with van der Waals surface area (Å²) in [5.74, 6) is 0.974. The van der Waals surface area contributed by atoms with Gasteiger partial charge in [-0.05, 0) is 24.8 Å². The van der Waals surface area contributed by atoms with E-state index in [1.165, 1.54) is 25.7 Å². The molecular formula is C18H31NO2. The molecule has 120 valence electrons. The zero-order valence-electron chi connectivity index (χ0n) is 14.2. The van der Waals surface area contributed by atoms with Crippen molar-refractivity contribution in [1.29, 1.82) is 0 Å². The van der Waals surface area contributed by atoms with E-state index in [0.717, 1.165) is 12.1 Å². The summed E-state index contributed by atoms with van der Waals surface area (Å²) in [6, 6.07) is 5.61. The minimum Gasteiger partial charge on any atom is -0.507 e. The van der Waals surface area contributed by atoms with Gasteiger partial charge in [0, 0.05) is 24.2 Å². The molecule has 21 heavy (non-hydrogen) atoms. The normalized spacial score (nSPS) is 13.2. The molecule has 3 heteroatoms. The van der Waals surface area contributed by atoms with Gasteiger partial charge in [0.2, 0.25) is 0 Å². The van der Waals surface area contributed by atoms with Crippen molar-refractivity contribution >= 4 is 0 Å². The Morgan fingerprint density at radius 2 is 2.00 bits per heavy atom. The van der Waals surface area contributed by atoms with E-state index in [-0.39, 0.29) is 17.2 Å². The molecule has 0 amide bonds. The minimum atomic E-state index is 0.126. The molecule has 0 aliphatic rings. The van der Waals surface area contributed by atoms with Gasteiger partial charge in [-0.25, -0.2) is 0 Å². The lowest BCUT2D eigenvalue weighted by molar-refractivity contribution is 0.289. The highest BCUT2D eigenvalue weighted by atomic mass is 16.5. The number of benzene rings is 1. The molecule has 0 heterocycles. The molecule has 0 saturated carbocycles. The Balaban J connectivity index is 2.54. The molecule has 0 fully saturated rings. The van der Waals surface area contributed by atoms with Crippen LogP contribution in [0.25, 0.3) is 0 Å². The van der Waals surface area contributed by atoms with Crippen LogP contribution in [0.1, 0.15) is 65.0 Å². The summed E-state index contributed by atoms with van der Waals surface area (Å²) in [6.07, 6.45) is 5.08. The first-order valence-electron chi connectivity index (χ1n) is 8.00. The number of methoxy groups -OCH3 is 1. The largest absolute Gasteiger partial charge is 0.507 e. The number of aromatic hydroxyl groups is 1. The maximum absolute atomic E-state index is 10.1. The topological polar surface area (TPSA) is 41.5 Å². The molecule has 2 N–H and O–H groups in total. The van der Waals surface area contributed by atoms with Crippen molar-refractivity contribution in [2.75, 3.05) is 13.7 Å². The van der Waals surface area contributed by atoms with Crippen LogP contribution < -0.4 is 10.1 Å². The van der Waals surface area contributed by atoms with Gasteiger partial charge in [-0.1, -0.05) is 46.1 Å². The summed E-state index contributed by atoms with van der Waals surface area (Å²) in [6.45, 7) is 9.87. The summed E-state index contributed by atoms with van der Waals surface area (Å²) in [5, 5.41) is 13.6. The van der Waals surface area contributed by atoms with Crippen molar-refractivity contribution in [2.24, 2.45) is 5.41 Å². The molecule has 0 spiro atoms. The number of hydrogen-bond donors (Lipinski definition) is 2. The van der Waals surface area contributed by atoms with Crippen molar-refractivity contribution in [3.63, 3.8) is 0 Å². The van der Waals surface area contributed by atoms with E-state index in [9.17, 15) is 5.11 Å². The van der Waals surface area contributed by atoms with Gasteiger partial charge in [-0.15, -0.1) is 0 Å². The molecule has 0 saturated heterocycles. The molecule has 1 unspecified atom stereocenters. The third-order valence-electron chi connectivity index (χ3n) is 4.05. The monoisotopic (exact) mass is 293 g/mol. The Bertz CT molecular complexity index is 429. The average Bonchev–Trinajstić information content (AvgIpc) is 2.45. The number of phenols is 1. The van der Waals surface area contributed by atoms with Crippen LogP contribution in [-0.2, 0) is 0 Å². The summed E-state index contributed by atoms with van der Waals surface area (Å²) < 4.78 is 5.12. The maximum atomic E-state index is 10.1. The fraction of sp³-hybridized carbons (Fsp3) is 0.667. The summed E-state index contributed by atoms with van der Waals surface area (Å²) in [7, 11) is 1.61. The predicted molar refractivity (Wildman–Crippen MR) is 89.0 cm³/mol. The standard InChI is InChI=1S/C18H31NO2/c1-6-7-8-11-18(3,4)13-19-14(2)16-10-9-15(21-5)12-17(16)20/h9-10,12,14,19-20H,6-8,11,13H2,1-5H3. The molecule has 0 aromatic heterocycles. The maximum Gasteiger partial charge on any atom is 0.124 e. The lowest BCUT2D eigenvalue weighted by atomic mass is 9.86. The zero-order chi connectivity index (χ0) is 15.9. The predicted octanol–water partition coefficient (Wildman–Crippen LogP) is 4.66. The van der Waals surface area contributed by atoms with E-state index in [1.807, 2.05) is 12.1 Å². The lowest BCUT2D eigenvalue weighted by Gasteiger charge is -2.27. The van der Waals surface area contributed by atoms with Crippen molar-refractivity contribution in [3.05, 3.63) is 23.8 Å². The Labute approximate surface area is 129 Å². The first-order chi connectivity index (χ1) is 9.89. The SMILES string of the molecule is CCCCCC(C)(C)CNC(C)c1ccc(OC)cc1O. The van der Waals surface area contributed by atoms with Gasteiger partial charge in [0.25, 0.3) is 0 Å². The van der Waals surface area contributed by atoms with Gasteiger partial charge >= 0.3 is 0 Å². The van der Waals surface area contributed by atoms with Gasteiger partial charge in [0.15, 0.2) is 0 Å². The van der Waals surface area contributed by atoms with Crippen molar-refractivity contribution in [1.82, 2.24) is 5.32 Å². The fourth-order valence-corrected chi connectivity index (χ4v) is 2.50. The Kier molecular flexibility index (Phi) is 7.03. The van der Waals surface area contributed by atoms with Crippen LogP contribution in [0.4, 0.5) is 0 Å². The smallest absolute Gasteiger partial charge is 0.124 e. The molecular weight excluding hydrogens is 262 g/mol. The molecule has 1 aromatic rings. The highest BCUT2D eigenvalue weighted by Gasteiger charge is 2.19. The van der Waals surface area contributed by atoms with E-state index in [1.54, 1.807) is 13.2 Å². The summed E-state index contributed by atoms with van der Waals surface area (Å²) >= 11 is 0. The van der Waals surface area contributed by atoms with E-state index < -0.39 is 0 Å². The van der Waals surface area contributed by atoms with Gasteiger partial charge in [0.05, 0.1) is 7.11 Å². The second-order valence-electron chi connectivity index (χ2n) is 6.65. The molecule has 0 radical (unpaired) electrons. The van der Waals surface area contributed by atoms with Crippen LogP contribution in [0.2, 0.25) is 0 Å². The van der Waals surface area contributed by atoms with Crippen LogP contribution in [0.5, 0.6) is 11.5 Å². The van der Waals surface area contributed by atoms with Gasteiger partial charge < -0.3 is 15.2 Å². The van der Waals surface area contributed by atoms with E-state index in [2.05, 4.69) is 33.0 Å². The third-order valence-corrected chi connectivity index (χ3v) is 4.05.